The number of benzene rings is 1. The Morgan fingerprint density at radius 3 is 2.89 bits per heavy atom. The first-order valence-corrected chi connectivity index (χ1v) is 7.10. The monoisotopic (exact) mass is 256 g/mol. The quantitative estimate of drug-likeness (QED) is 0.847. The molecular weight excluding hydrogens is 236 g/mol. The second-order valence-corrected chi connectivity index (χ2v) is 5.41. The third-order valence-corrected chi connectivity index (χ3v) is 4.10. The van der Waals surface area contributed by atoms with Crippen molar-refractivity contribution in [1.29, 1.82) is 5.26 Å². The van der Waals surface area contributed by atoms with E-state index in [4.69, 9.17) is 5.26 Å². The van der Waals surface area contributed by atoms with Gasteiger partial charge < -0.3 is 15.5 Å². The normalized spacial score (nSPS) is 19.4. The highest BCUT2D eigenvalue weighted by molar-refractivity contribution is 5.73. The first-order chi connectivity index (χ1) is 9.36. The minimum atomic E-state index is 0.731. The third kappa shape index (κ3) is 2.66. The highest BCUT2D eigenvalue weighted by Crippen LogP contribution is 2.31. The lowest BCUT2D eigenvalue weighted by Gasteiger charge is -2.36. The molecule has 0 radical (unpaired) electrons. The molecule has 100 valence electrons. The number of nitrogens with zero attached hydrogens (tertiary/aromatic N) is 2. The van der Waals surface area contributed by atoms with Crippen molar-refractivity contribution >= 4 is 11.4 Å². The molecule has 0 aromatic heterocycles. The summed E-state index contributed by atoms with van der Waals surface area (Å²) >= 11 is 0. The minimum absolute atomic E-state index is 0.731. The summed E-state index contributed by atoms with van der Waals surface area (Å²) in [6, 6.07) is 8.17. The Kier molecular flexibility index (Phi) is 3.56. The second kappa shape index (κ2) is 5.50. The topological polar surface area (TPSA) is 51.1 Å². The average molecular weight is 256 g/mol. The lowest BCUT2D eigenvalue weighted by atomic mass is 9.97. The summed E-state index contributed by atoms with van der Waals surface area (Å²) < 4.78 is 0. The van der Waals surface area contributed by atoms with Crippen LogP contribution in [0.3, 0.4) is 0 Å². The highest BCUT2D eigenvalue weighted by Gasteiger charge is 2.21. The van der Waals surface area contributed by atoms with Gasteiger partial charge in [-0.15, -0.1) is 0 Å². The Bertz CT molecular complexity index is 485. The Morgan fingerprint density at radius 1 is 1.26 bits per heavy atom. The maximum Gasteiger partial charge on any atom is 0.0992 e. The molecule has 0 amide bonds. The molecule has 0 bridgehead atoms. The maximum absolute atomic E-state index is 8.97. The van der Waals surface area contributed by atoms with Crippen LogP contribution in [0.4, 0.5) is 11.4 Å². The molecule has 2 aliphatic heterocycles. The number of hydrogen-bond donors (Lipinski definition) is 2. The highest BCUT2D eigenvalue weighted by atomic mass is 15.2. The zero-order valence-electron chi connectivity index (χ0n) is 11.2. The van der Waals surface area contributed by atoms with Crippen LogP contribution in [0.15, 0.2) is 18.2 Å². The van der Waals surface area contributed by atoms with E-state index in [1.165, 1.54) is 18.5 Å². The molecule has 19 heavy (non-hydrogen) atoms. The zero-order valence-corrected chi connectivity index (χ0v) is 11.2. The Balaban J connectivity index is 1.76. The molecule has 1 fully saturated rings. The van der Waals surface area contributed by atoms with E-state index in [0.29, 0.717) is 0 Å². The van der Waals surface area contributed by atoms with Gasteiger partial charge in [0.25, 0.3) is 0 Å². The van der Waals surface area contributed by atoms with Gasteiger partial charge in [-0.1, -0.05) is 0 Å². The SMILES string of the molecule is N#Cc1ccc2c(c1)NCCN2CC1CCNCC1. The summed E-state index contributed by atoms with van der Waals surface area (Å²) in [7, 11) is 0. The van der Waals surface area contributed by atoms with Gasteiger partial charge in [-0.05, 0) is 50.0 Å². The molecular formula is C15H20N4. The van der Waals surface area contributed by atoms with Crippen LogP contribution in [-0.4, -0.2) is 32.7 Å². The van der Waals surface area contributed by atoms with Crippen LogP contribution in [-0.2, 0) is 0 Å². The Labute approximate surface area is 114 Å². The number of rotatable bonds is 2. The largest absolute Gasteiger partial charge is 0.382 e. The van der Waals surface area contributed by atoms with Gasteiger partial charge in [-0.3, -0.25) is 0 Å². The molecule has 1 aromatic carbocycles. The number of nitriles is 1. The molecule has 0 atom stereocenters. The molecule has 2 N–H and O–H groups in total. The maximum atomic E-state index is 8.97. The summed E-state index contributed by atoms with van der Waals surface area (Å²) in [6.45, 7) is 5.46. The smallest absolute Gasteiger partial charge is 0.0992 e. The standard InChI is InChI=1S/C15H20N4/c16-10-13-1-2-15-14(9-13)18-7-8-19(15)11-12-3-5-17-6-4-12/h1-2,9,12,17-18H,3-8,11H2. The van der Waals surface area contributed by atoms with Crippen LogP contribution < -0.4 is 15.5 Å². The van der Waals surface area contributed by atoms with Gasteiger partial charge >= 0.3 is 0 Å². The van der Waals surface area contributed by atoms with Gasteiger partial charge in [0.1, 0.15) is 0 Å². The van der Waals surface area contributed by atoms with Crippen molar-refractivity contribution < 1.29 is 0 Å². The Hall–Kier alpha value is -1.73. The predicted octanol–water partition coefficient (Wildman–Crippen LogP) is 1.79. The van der Waals surface area contributed by atoms with Crippen molar-refractivity contribution in [3.05, 3.63) is 23.8 Å². The fourth-order valence-electron chi connectivity index (χ4n) is 3.03. The fraction of sp³-hybridized carbons (Fsp3) is 0.533. The summed E-state index contributed by atoms with van der Waals surface area (Å²) in [5, 5.41) is 15.8. The van der Waals surface area contributed by atoms with Gasteiger partial charge in [0.05, 0.1) is 23.0 Å². The number of anilines is 2. The molecule has 0 spiro atoms. The van der Waals surface area contributed by atoms with E-state index >= 15 is 0 Å². The molecule has 3 rings (SSSR count). The van der Waals surface area contributed by atoms with Gasteiger partial charge in [-0.25, -0.2) is 0 Å². The fourth-order valence-corrected chi connectivity index (χ4v) is 3.03. The van der Waals surface area contributed by atoms with Crippen LogP contribution in [0.5, 0.6) is 0 Å². The van der Waals surface area contributed by atoms with Crippen molar-refractivity contribution in [3.63, 3.8) is 0 Å². The molecule has 1 saturated heterocycles. The van der Waals surface area contributed by atoms with Crippen LogP contribution in [0.2, 0.25) is 0 Å². The van der Waals surface area contributed by atoms with Gasteiger partial charge in [0, 0.05) is 19.6 Å². The van der Waals surface area contributed by atoms with Crippen molar-refractivity contribution in [1.82, 2.24) is 5.32 Å². The van der Waals surface area contributed by atoms with Crippen LogP contribution >= 0.6 is 0 Å². The number of fused-ring (bicyclic) bond motifs is 1. The van der Waals surface area contributed by atoms with E-state index in [1.54, 1.807) is 0 Å². The molecule has 0 aliphatic carbocycles. The van der Waals surface area contributed by atoms with E-state index in [9.17, 15) is 0 Å². The third-order valence-electron chi connectivity index (χ3n) is 4.10. The minimum Gasteiger partial charge on any atom is -0.382 e. The van der Waals surface area contributed by atoms with Gasteiger partial charge in [0.2, 0.25) is 0 Å². The molecule has 1 aromatic rings. The van der Waals surface area contributed by atoms with Crippen molar-refractivity contribution in [2.45, 2.75) is 12.8 Å². The molecule has 0 unspecified atom stereocenters. The van der Waals surface area contributed by atoms with E-state index in [2.05, 4.69) is 27.7 Å². The van der Waals surface area contributed by atoms with Crippen molar-refractivity contribution in [2.24, 2.45) is 5.92 Å². The molecule has 2 heterocycles. The molecule has 0 saturated carbocycles. The van der Waals surface area contributed by atoms with Crippen LogP contribution in [0, 0.1) is 17.2 Å². The summed E-state index contributed by atoms with van der Waals surface area (Å²) in [6.07, 6.45) is 2.55. The van der Waals surface area contributed by atoms with E-state index in [1.807, 2.05) is 12.1 Å². The van der Waals surface area contributed by atoms with Crippen LogP contribution in [0.1, 0.15) is 18.4 Å². The molecule has 2 aliphatic rings. The zero-order chi connectivity index (χ0) is 13.1. The molecule has 4 nitrogen and oxygen atoms in total. The lowest BCUT2D eigenvalue weighted by molar-refractivity contribution is 0.374. The Morgan fingerprint density at radius 2 is 2.11 bits per heavy atom. The first-order valence-electron chi connectivity index (χ1n) is 7.10. The van der Waals surface area contributed by atoms with Gasteiger partial charge in [-0.2, -0.15) is 5.26 Å². The lowest BCUT2D eigenvalue weighted by Crippen LogP contribution is -2.40. The van der Waals surface area contributed by atoms with Gasteiger partial charge in [0.15, 0.2) is 0 Å². The van der Waals surface area contributed by atoms with E-state index < -0.39 is 0 Å². The van der Waals surface area contributed by atoms with E-state index in [0.717, 1.165) is 49.9 Å². The van der Waals surface area contributed by atoms with Crippen LogP contribution in [0.25, 0.3) is 0 Å². The number of hydrogen-bond acceptors (Lipinski definition) is 4. The summed E-state index contributed by atoms with van der Waals surface area (Å²) in [5.74, 6) is 0.794. The number of nitrogens with one attached hydrogen (secondary N) is 2. The van der Waals surface area contributed by atoms with Crippen molar-refractivity contribution in [3.8, 4) is 6.07 Å². The molecule has 4 heteroatoms. The first kappa shape index (κ1) is 12.3. The second-order valence-electron chi connectivity index (χ2n) is 5.41. The average Bonchev–Trinajstić information content (AvgIpc) is 2.48. The van der Waals surface area contributed by atoms with Crippen molar-refractivity contribution in [2.75, 3.05) is 42.9 Å². The van der Waals surface area contributed by atoms with E-state index in [-0.39, 0.29) is 0 Å². The number of piperidine rings is 1. The summed E-state index contributed by atoms with van der Waals surface area (Å²) in [4.78, 5) is 2.48. The predicted molar refractivity (Wildman–Crippen MR) is 77.5 cm³/mol. The summed E-state index contributed by atoms with van der Waals surface area (Å²) in [5.41, 5.74) is 3.10.